The second-order valence-corrected chi connectivity index (χ2v) is 5.92. The van der Waals surface area contributed by atoms with Crippen molar-refractivity contribution in [2.24, 2.45) is 11.3 Å². The molecule has 1 aromatic rings. The van der Waals surface area contributed by atoms with Crippen LogP contribution >= 0.6 is 24.8 Å². The lowest BCUT2D eigenvalue weighted by molar-refractivity contribution is -0.132. The Labute approximate surface area is 138 Å². The lowest BCUT2D eigenvalue weighted by Crippen LogP contribution is -2.34. The van der Waals surface area contributed by atoms with Crippen molar-refractivity contribution in [3.8, 4) is 0 Å². The highest BCUT2D eigenvalue weighted by Crippen LogP contribution is 2.59. The van der Waals surface area contributed by atoms with Gasteiger partial charge in [0, 0.05) is 31.9 Å². The molecule has 1 atom stereocenters. The number of carbonyl (C=O) groups excluding carboxylic acids is 1. The fraction of sp³-hybridized carbons (Fsp3) is 0.600. The Balaban J connectivity index is 0.00000110. The SMILES string of the molecule is CN(Cc1ccncc1)C(=O)C1CC12CCNCC2.Cl.Cl. The Bertz CT molecular complexity index is 463. The number of amides is 1. The van der Waals surface area contributed by atoms with Gasteiger partial charge >= 0.3 is 0 Å². The van der Waals surface area contributed by atoms with Gasteiger partial charge in [0.15, 0.2) is 0 Å². The average Bonchev–Trinajstić information content (AvgIpc) is 3.13. The third-order valence-corrected chi connectivity index (χ3v) is 4.63. The van der Waals surface area contributed by atoms with Gasteiger partial charge in [-0.3, -0.25) is 9.78 Å². The molecule has 2 aliphatic rings. The molecule has 1 saturated carbocycles. The number of pyridine rings is 1. The first kappa shape index (κ1) is 18.2. The van der Waals surface area contributed by atoms with Crippen molar-refractivity contribution in [1.29, 1.82) is 0 Å². The number of carbonyl (C=O) groups is 1. The topological polar surface area (TPSA) is 45.2 Å². The summed E-state index contributed by atoms with van der Waals surface area (Å²) in [6.07, 6.45) is 6.96. The maximum absolute atomic E-state index is 12.5. The van der Waals surface area contributed by atoms with E-state index in [0.717, 1.165) is 37.9 Å². The molecule has 0 aromatic carbocycles. The van der Waals surface area contributed by atoms with Gasteiger partial charge in [-0.15, -0.1) is 24.8 Å². The molecule has 21 heavy (non-hydrogen) atoms. The first-order valence-corrected chi connectivity index (χ1v) is 7.06. The number of hydrogen-bond acceptors (Lipinski definition) is 3. The minimum Gasteiger partial charge on any atom is -0.341 e. The highest BCUT2D eigenvalue weighted by Gasteiger charge is 2.58. The highest BCUT2D eigenvalue weighted by atomic mass is 35.5. The molecule has 1 spiro atoms. The molecular formula is C15H23Cl2N3O. The van der Waals surface area contributed by atoms with E-state index in [1.165, 1.54) is 0 Å². The number of piperidine rings is 1. The van der Waals surface area contributed by atoms with Gasteiger partial charge < -0.3 is 10.2 Å². The smallest absolute Gasteiger partial charge is 0.226 e. The Morgan fingerprint density at radius 1 is 1.33 bits per heavy atom. The van der Waals surface area contributed by atoms with Crippen molar-refractivity contribution in [3.63, 3.8) is 0 Å². The molecule has 2 fully saturated rings. The number of hydrogen-bond donors (Lipinski definition) is 1. The third-order valence-electron chi connectivity index (χ3n) is 4.63. The molecule has 3 rings (SSSR count). The van der Waals surface area contributed by atoms with Gasteiger partial charge in [-0.25, -0.2) is 0 Å². The summed E-state index contributed by atoms with van der Waals surface area (Å²) in [4.78, 5) is 18.3. The summed E-state index contributed by atoms with van der Waals surface area (Å²) in [5, 5.41) is 3.38. The van der Waals surface area contributed by atoms with E-state index in [4.69, 9.17) is 0 Å². The monoisotopic (exact) mass is 331 g/mol. The van der Waals surface area contributed by atoms with Gasteiger partial charge in [0.05, 0.1) is 0 Å². The molecule has 6 heteroatoms. The van der Waals surface area contributed by atoms with E-state index in [9.17, 15) is 4.79 Å². The molecule has 1 aromatic heterocycles. The second kappa shape index (κ2) is 7.43. The molecule has 1 aliphatic heterocycles. The molecule has 1 unspecified atom stereocenters. The van der Waals surface area contributed by atoms with Crippen LogP contribution in [0.15, 0.2) is 24.5 Å². The summed E-state index contributed by atoms with van der Waals surface area (Å²) in [6.45, 7) is 2.82. The standard InChI is InChI=1S/C15H21N3O.2ClH/c1-18(11-12-2-6-16-7-3-12)14(19)13-10-15(13)4-8-17-9-5-15;;/h2-3,6-7,13,17H,4-5,8-11H2,1H3;2*1H. The quantitative estimate of drug-likeness (QED) is 0.924. The van der Waals surface area contributed by atoms with Crippen molar-refractivity contribution < 1.29 is 4.79 Å². The minimum absolute atomic E-state index is 0. The molecule has 1 saturated heterocycles. The van der Waals surface area contributed by atoms with Gasteiger partial charge in [0.25, 0.3) is 0 Å². The van der Waals surface area contributed by atoms with Crippen LogP contribution in [0.5, 0.6) is 0 Å². The van der Waals surface area contributed by atoms with E-state index in [1.54, 1.807) is 12.4 Å². The fourth-order valence-corrected chi connectivity index (χ4v) is 3.28. The van der Waals surface area contributed by atoms with E-state index in [-0.39, 0.29) is 30.7 Å². The van der Waals surface area contributed by atoms with Gasteiger partial charge in [-0.05, 0) is 55.5 Å². The van der Waals surface area contributed by atoms with Crippen LogP contribution < -0.4 is 5.32 Å². The number of rotatable bonds is 3. The summed E-state index contributed by atoms with van der Waals surface area (Å²) < 4.78 is 0. The van der Waals surface area contributed by atoms with Crippen LogP contribution in [-0.2, 0) is 11.3 Å². The zero-order valence-electron chi connectivity index (χ0n) is 12.2. The predicted octanol–water partition coefficient (Wildman–Crippen LogP) is 2.27. The van der Waals surface area contributed by atoms with Crippen LogP contribution in [0.4, 0.5) is 0 Å². The van der Waals surface area contributed by atoms with Gasteiger partial charge in [0.1, 0.15) is 0 Å². The molecule has 1 N–H and O–H groups in total. The van der Waals surface area contributed by atoms with E-state index in [0.29, 0.717) is 17.9 Å². The predicted molar refractivity (Wildman–Crippen MR) is 87.9 cm³/mol. The van der Waals surface area contributed by atoms with Crippen molar-refractivity contribution >= 4 is 30.7 Å². The molecule has 2 heterocycles. The number of nitrogens with one attached hydrogen (secondary N) is 1. The molecule has 4 nitrogen and oxygen atoms in total. The van der Waals surface area contributed by atoms with Crippen LogP contribution in [0.1, 0.15) is 24.8 Å². The van der Waals surface area contributed by atoms with E-state index in [2.05, 4.69) is 10.3 Å². The Morgan fingerprint density at radius 2 is 1.95 bits per heavy atom. The maximum Gasteiger partial charge on any atom is 0.226 e. The van der Waals surface area contributed by atoms with Crippen LogP contribution in [0.2, 0.25) is 0 Å². The van der Waals surface area contributed by atoms with E-state index in [1.807, 2.05) is 24.1 Å². The highest BCUT2D eigenvalue weighted by molar-refractivity contribution is 5.85. The first-order valence-electron chi connectivity index (χ1n) is 7.06. The molecule has 118 valence electrons. The number of aromatic nitrogens is 1. The van der Waals surface area contributed by atoms with Gasteiger partial charge in [-0.2, -0.15) is 0 Å². The van der Waals surface area contributed by atoms with E-state index >= 15 is 0 Å². The third kappa shape index (κ3) is 3.87. The van der Waals surface area contributed by atoms with Crippen LogP contribution in [0.3, 0.4) is 0 Å². The Kier molecular flexibility index (Phi) is 6.44. The lowest BCUT2D eigenvalue weighted by Gasteiger charge is -2.25. The van der Waals surface area contributed by atoms with Crippen LogP contribution in [0.25, 0.3) is 0 Å². The summed E-state index contributed by atoms with van der Waals surface area (Å²) >= 11 is 0. The summed E-state index contributed by atoms with van der Waals surface area (Å²) in [5.74, 6) is 0.583. The zero-order chi connectivity index (χ0) is 13.3. The summed E-state index contributed by atoms with van der Waals surface area (Å²) in [5.41, 5.74) is 1.47. The molecule has 0 radical (unpaired) electrons. The maximum atomic E-state index is 12.5. The molecule has 1 aliphatic carbocycles. The van der Waals surface area contributed by atoms with Crippen molar-refractivity contribution in [2.75, 3.05) is 20.1 Å². The fourth-order valence-electron chi connectivity index (χ4n) is 3.28. The average molecular weight is 332 g/mol. The number of halogens is 2. The zero-order valence-corrected chi connectivity index (χ0v) is 13.9. The summed E-state index contributed by atoms with van der Waals surface area (Å²) in [6, 6.07) is 3.94. The molecule has 1 amide bonds. The van der Waals surface area contributed by atoms with Crippen molar-refractivity contribution in [2.45, 2.75) is 25.8 Å². The Hall–Kier alpha value is -0.840. The van der Waals surface area contributed by atoms with Crippen LogP contribution in [0, 0.1) is 11.3 Å². The Morgan fingerprint density at radius 3 is 2.57 bits per heavy atom. The second-order valence-electron chi connectivity index (χ2n) is 5.92. The largest absolute Gasteiger partial charge is 0.341 e. The van der Waals surface area contributed by atoms with Crippen LogP contribution in [-0.4, -0.2) is 35.9 Å². The van der Waals surface area contributed by atoms with Gasteiger partial charge in [-0.1, -0.05) is 0 Å². The van der Waals surface area contributed by atoms with E-state index < -0.39 is 0 Å². The minimum atomic E-state index is 0. The number of nitrogens with zero attached hydrogens (tertiary/aromatic N) is 2. The lowest BCUT2D eigenvalue weighted by atomic mass is 9.91. The normalized spacial score (nSPS) is 21.9. The van der Waals surface area contributed by atoms with Gasteiger partial charge in [0.2, 0.25) is 5.91 Å². The molecular weight excluding hydrogens is 309 g/mol. The first-order chi connectivity index (χ1) is 9.21. The molecule has 0 bridgehead atoms. The van der Waals surface area contributed by atoms with Crippen molar-refractivity contribution in [1.82, 2.24) is 15.2 Å². The van der Waals surface area contributed by atoms with Crippen molar-refractivity contribution in [3.05, 3.63) is 30.1 Å². The summed E-state index contributed by atoms with van der Waals surface area (Å²) in [7, 11) is 1.91.